The van der Waals surface area contributed by atoms with Crippen molar-refractivity contribution in [1.29, 1.82) is 0 Å². The van der Waals surface area contributed by atoms with Crippen LogP contribution in [-0.2, 0) is 20.9 Å². The molecule has 2 aromatic carbocycles. The van der Waals surface area contributed by atoms with Crippen LogP contribution in [0.5, 0.6) is 11.5 Å². The fraction of sp³-hybridized carbons (Fsp3) is 0.360. The topological polar surface area (TPSA) is 97.3 Å². The molecule has 0 aliphatic carbocycles. The number of anilines is 1. The molecule has 3 rings (SSSR count). The van der Waals surface area contributed by atoms with Crippen LogP contribution in [0.2, 0.25) is 0 Å². The zero-order valence-corrected chi connectivity index (χ0v) is 19.4. The van der Waals surface area contributed by atoms with Crippen molar-refractivity contribution in [2.75, 3.05) is 19.0 Å². The number of nitrogens with zero attached hydrogens (tertiary/aromatic N) is 2. The molecule has 0 saturated carbocycles. The smallest absolute Gasteiger partial charge is 0.291 e. The van der Waals surface area contributed by atoms with Crippen molar-refractivity contribution in [3.63, 3.8) is 0 Å². The highest BCUT2D eigenvalue weighted by Crippen LogP contribution is 2.32. The van der Waals surface area contributed by atoms with Crippen molar-refractivity contribution >= 4 is 29.0 Å². The number of carbonyl (C=O) groups is 3. The van der Waals surface area contributed by atoms with Gasteiger partial charge in [-0.1, -0.05) is 19.1 Å². The predicted molar refractivity (Wildman–Crippen MR) is 125 cm³/mol. The summed E-state index contributed by atoms with van der Waals surface area (Å²) >= 11 is 0. The zero-order valence-electron chi connectivity index (χ0n) is 19.4. The van der Waals surface area contributed by atoms with Crippen molar-refractivity contribution in [3.8, 4) is 11.5 Å². The maximum Gasteiger partial charge on any atom is 0.291 e. The quantitative estimate of drug-likeness (QED) is 0.585. The molecule has 8 nitrogen and oxygen atoms in total. The van der Waals surface area contributed by atoms with Gasteiger partial charge in [0.15, 0.2) is 11.5 Å². The molecular formula is C25H29N3O5. The minimum atomic E-state index is -0.667. The molecule has 2 amide bonds. The average Bonchev–Trinajstić information content (AvgIpc) is 2.81. The van der Waals surface area contributed by atoms with Gasteiger partial charge in [0.1, 0.15) is 0 Å². The minimum absolute atomic E-state index is 0.0146. The molecule has 1 aliphatic heterocycles. The maximum atomic E-state index is 12.8. The van der Waals surface area contributed by atoms with Gasteiger partial charge in [0, 0.05) is 30.5 Å². The van der Waals surface area contributed by atoms with Gasteiger partial charge in [-0.25, -0.2) is 5.01 Å². The summed E-state index contributed by atoms with van der Waals surface area (Å²) in [5.41, 5.74) is 3.10. The van der Waals surface area contributed by atoms with Gasteiger partial charge in [0.2, 0.25) is 11.7 Å². The van der Waals surface area contributed by atoms with Crippen LogP contribution in [-0.4, -0.2) is 42.0 Å². The molecule has 1 heterocycles. The predicted octanol–water partition coefficient (Wildman–Crippen LogP) is 3.78. The second-order valence-corrected chi connectivity index (χ2v) is 7.75. The Morgan fingerprint density at radius 1 is 1.12 bits per heavy atom. The molecule has 2 aromatic rings. The Morgan fingerprint density at radius 3 is 2.45 bits per heavy atom. The van der Waals surface area contributed by atoms with Crippen molar-refractivity contribution in [3.05, 3.63) is 53.6 Å². The standard InChI is InChI=1S/C25H29N3O5/c1-5-18-14-23(30)28(15-17-7-10-20(11-8-17)26-25(31)16(3)29)27-24(18)19-9-12-21(32-4)22(13-19)33-6-2/h7-13,18H,5-6,14-15H2,1-4H3,(H,26,31). The van der Waals surface area contributed by atoms with Gasteiger partial charge < -0.3 is 14.8 Å². The number of hydrogen-bond donors (Lipinski definition) is 1. The number of carbonyl (C=O) groups excluding carboxylic acids is 3. The molecule has 174 valence electrons. The van der Waals surface area contributed by atoms with E-state index in [1.165, 1.54) is 11.9 Å². The van der Waals surface area contributed by atoms with E-state index in [1.54, 1.807) is 31.4 Å². The number of amides is 2. The van der Waals surface area contributed by atoms with Crippen molar-refractivity contribution in [2.45, 2.75) is 40.2 Å². The fourth-order valence-corrected chi connectivity index (χ4v) is 3.62. The number of hydrogen-bond acceptors (Lipinski definition) is 6. The highest BCUT2D eigenvalue weighted by atomic mass is 16.5. The zero-order chi connectivity index (χ0) is 24.0. The van der Waals surface area contributed by atoms with Gasteiger partial charge in [-0.2, -0.15) is 5.10 Å². The van der Waals surface area contributed by atoms with Crippen LogP contribution in [0, 0.1) is 5.92 Å². The first kappa shape index (κ1) is 24.0. The van der Waals surface area contributed by atoms with E-state index in [2.05, 4.69) is 5.32 Å². The highest BCUT2D eigenvalue weighted by Gasteiger charge is 2.29. The van der Waals surface area contributed by atoms with Gasteiger partial charge in [-0.15, -0.1) is 0 Å². The third kappa shape index (κ3) is 5.77. The Morgan fingerprint density at radius 2 is 1.85 bits per heavy atom. The number of hydrazone groups is 1. The van der Waals surface area contributed by atoms with Gasteiger partial charge in [-0.05, 0) is 49.2 Å². The van der Waals surface area contributed by atoms with Crippen LogP contribution in [0.1, 0.15) is 44.7 Å². The fourth-order valence-electron chi connectivity index (χ4n) is 3.62. The second kappa shape index (κ2) is 10.8. The van der Waals surface area contributed by atoms with Gasteiger partial charge >= 0.3 is 0 Å². The van der Waals surface area contributed by atoms with Crippen molar-refractivity contribution < 1.29 is 23.9 Å². The van der Waals surface area contributed by atoms with E-state index in [1.807, 2.05) is 32.0 Å². The van der Waals surface area contributed by atoms with E-state index in [9.17, 15) is 14.4 Å². The Balaban J connectivity index is 1.85. The molecule has 33 heavy (non-hydrogen) atoms. The number of methoxy groups -OCH3 is 1. The monoisotopic (exact) mass is 451 g/mol. The van der Waals surface area contributed by atoms with E-state index >= 15 is 0 Å². The molecule has 1 unspecified atom stereocenters. The minimum Gasteiger partial charge on any atom is -0.493 e. The molecule has 8 heteroatoms. The number of ether oxygens (including phenoxy) is 2. The summed E-state index contributed by atoms with van der Waals surface area (Å²) < 4.78 is 11.1. The molecule has 0 saturated heterocycles. The summed E-state index contributed by atoms with van der Waals surface area (Å²) in [6.07, 6.45) is 1.16. The molecule has 0 bridgehead atoms. The molecule has 0 spiro atoms. The molecule has 0 radical (unpaired) electrons. The van der Waals surface area contributed by atoms with Crippen LogP contribution < -0.4 is 14.8 Å². The van der Waals surface area contributed by atoms with Gasteiger partial charge in [0.05, 0.1) is 26.0 Å². The Hall–Kier alpha value is -3.68. The molecule has 1 atom stereocenters. The van der Waals surface area contributed by atoms with Gasteiger partial charge in [0.25, 0.3) is 5.91 Å². The third-order valence-electron chi connectivity index (χ3n) is 5.44. The number of benzene rings is 2. The first-order valence-corrected chi connectivity index (χ1v) is 11.0. The molecule has 1 N–H and O–H groups in total. The Kier molecular flexibility index (Phi) is 7.82. The van der Waals surface area contributed by atoms with Crippen LogP contribution in [0.25, 0.3) is 0 Å². The summed E-state index contributed by atoms with van der Waals surface area (Å²) in [6.45, 7) is 5.98. The van der Waals surface area contributed by atoms with Crippen LogP contribution >= 0.6 is 0 Å². The van der Waals surface area contributed by atoms with E-state index in [0.717, 1.165) is 23.3 Å². The van der Waals surface area contributed by atoms with Crippen LogP contribution in [0.3, 0.4) is 0 Å². The summed E-state index contributed by atoms with van der Waals surface area (Å²) in [6, 6.07) is 12.7. The average molecular weight is 452 g/mol. The number of ketones is 1. The summed E-state index contributed by atoms with van der Waals surface area (Å²) in [5, 5.41) is 8.73. The highest BCUT2D eigenvalue weighted by molar-refractivity contribution is 6.39. The normalized spacial score (nSPS) is 15.6. The first-order valence-electron chi connectivity index (χ1n) is 11.0. The molecular weight excluding hydrogens is 422 g/mol. The lowest BCUT2D eigenvalue weighted by molar-refractivity contribution is -0.133. The molecule has 1 aliphatic rings. The van der Waals surface area contributed by atoms with E-state index in [4.69, 9.17) is 14.6 Å². The van der Waals surface area contributed by atoms with Crippen LogP contribution in [0.15, 0.2) is 47.6 Å². The SMILES string of the molecule is CCOc1cc(C2=NN(Cc3ccc(NC(=O)C(C)=O)cc3)C(=O)CC2CC)ccc1OC. The van der Waals surface area contributed by atoms with E-state index in [-0.39, 0.29) is 11.8 Å². The van der Waals surface area contributed by atoms with Crippen molar-refractivity contribution in [1.82, 2.24) is 5.01 Å². The Labute approximate surface area is 193 Å². The van der Waals surface area contributed by atoms with Crippen LogP contribution in [0.4, 0.5) is 5.69 Å². The van der Waals surface area contributed by atoms with E-state index in [0.29, 0.717) is 36.8 Å². The lowest BCUT2D eigenvalue weighted by Gasteiger charge is -2.29. The van der Waals surface area contributed by atoms with Gasteiger partial charge in [-0.3, -0.25) is 14.4 Å². The van der Waals surface area contributed by atoms with E-state index < -0.39 is 11.7 Å². The number of Topliss-reactive ketones (excluding diaryl/α,β-unsaturated/α-hetero) is 1. The number of nitrogens with one attached hydrogen (secondary N) is 1. The third-order valence-corrected chi connectivity index (χ3v) is 5.44. The summed E-state index contributed by atoms with van der Waals surface area (Å²) in [4.78, 5) is 35.4. The molecule has 0 aromatic heterocycles. The summed E-state index contributed by atoms with van der Waals surface area (Å²) in [5.74, 6) is 0.0339. The molecule has 0 fully saturated rings. The van der Waals surface area contributed by atoms with Crippen molar-refractivity contribution in [2.24, 2.45) is 11.0 Å². The first-order chi connectivity index (χ1) is 15.9. The Bertz CT molecular complexity index is 1060. The second-order valence-electron chi connectivity index (χ2n) is 7.75. The lowest BCUT2D eigenvalue weighted by atomic mass is 9.89. The summed E-state index contributed by atoms with van der Waals surface area (Å²) in [7, 11) is 1.60. The lowest BCUT2D eigenvalue weighted by Crippen LogP contribution is -2.36. The number of rotatable bonds is 9. The largest absolute Gasteiger partial charge is 0.493 e. The maximum absolute atomic E-state index is 12.8.